The van der Waals surface area contributed by atoms with Crippen LogP contribution in [0.25, 0.3) is 0 Å². The van der Waals surface area contributed by atoms with Gasteiger partial charge in [0.2, 0.25) is 11.9 Å². The van der Waals surface area contributed by atoms with E-state index in [1.54, 1.807) is 0 Å². The fourth-order valence-corrected chi connectivity index (χ4v) is 2.95. The second kappa shape index (κ2) is 7.37. The summed E-state index contributed by atoms with van der Waals surface area (Å²) < 4.78 is 0. The molecule has 3 N–H and O–H groups in total. The van der Waals surface area contributed by atoms with Crippen molar-refractivity contribution in [3.63, 3.8) is 0 Å². The van der Waals surface area contributed by atoms with E-state index in [2.05, 4.69) is 32.1 Å². The molecule has 1 aromatic carbocycles. The van der Waals surface area contributed by atoms with E-state index in [9.17, 15) is 0 Å². The van der Waals surface area contributed by atoms with E-state index in [-0.39, 0.29) is 12.0 Å². The first-order chi connectivity index (χ1) is 11.2. The van der Waals surface area contributed by atoms with E-state index >= 15 is 0 Å². The first-order valence-corrected chi connectivity index (χ1v) is 8.30. The Morgan fingerprint density at radius 2 is 1.70 bits per heavy atom. The van der Waals surface area contributed by atoms with Gasteiger partial charge in [-0.15, -0.1) is 0 Å². The molecule has 1 fully saturated rings. The minimum atomic E-state index is 0.148. The van der Waals surface area contributed by atoms with Crippen molar-refractivity contribution in [1.82, 2.24) is 19.9 Å². The Bertz CT molecular complexity index is 622. The lowest BCUT2D eigenvalue weighted by Crippen LogP contribution is -2.29. The van der Waals surface area contributed by atoms with Gasteiger partial charge in [0.1, 0.15) is 0 Å². The summed E-state index contributed by atoms with van der Waals surface area (Å²) in [7, 11) is 0. The summed E-state index contributed by atoms with van der Waals surface area (Å²) in [5.41, 5.74) is 6.83. The number of nitrogens with zero attached hydrogens (tertiary/aromatic N) is 4. The number of anilines is 3. The second-order valence-electron chi connectivity index (χ2n) is 5.99. The lowest BCUT2D eigenvalue weighted by Gasteiger charge is -2.26. The van der Waals surface area contributed by atoms with Crippen LogP contribution in [0.5, 0.6) is 0 Å². The van der Waals surface area contributed by atoms with Gasteiger partial charge in [-0.1, -0.05) is 31.0 Å². The molecule has 0 spiro atoms. The van der Waals surface area contributed by atoms with Crippen molar-refractivity contribution in [1.29, 1.82) is 0 Å². The Morgan fingerprint density at radius 1 is 1.00 bits per heavy atom. The summed E-state index contributed by atoms with van der Waals surface area (Å²) >= 11 is 0. The Hall–Kier alpha value is -2.21. The van der Waals surface area contributed by atoms with Gasteiger partial charge in [0.15, 0.2) is 5.82 Å². The van der Waals surface area contributed by atoms with Gasteiger partial charge in [0, 0.05) is 5.69 Å². The summed E-state index contributed by atoms with van der Waals surface area (Å²) in [4.78, 5) is 15.6. The number of hydrogen-bond acceptors (Lipinski definition) is 6. The van der Waals surface area contributed by atoms with Crippen molar-refractivity contribution in [3.05, 3.63) is 36.2 Å². The van der Waals surface area contributed by atoms with Crippen molar-refractivity contribution in [2.45, 2.75) is 38.6 Å². The third kappa shape index (κ3) is 4.16. The molecular formula is C17H24N6. The summed E-state index contributed by atoms with van der Waals surface area (Å²) in [5.74, 6) is 1.49. The van der Waals surface area contributed by atoms with Crippen LogP contribution in [0.1, 0.15) is 44.5 Å². The fourth-order valence-electron chi connectivity index (χ4n) is 2.95. The number of aromatic nitrogens is 3. The molecule has 6 heteroatoms. The van der Waals surface area contributed by atoms with Crippen molar-refractivity contribution in [3.8, 4) is 0 Å². The van der Waals surface area contributed by atoms with Crippen LogP contribution >= 0.6 is 0 Å². The molecule has 1 aliphatic rings. The topological polar surface area (TPSA) is 80.0 Å². The Morgan fingerprint density at radius 3 is 2.39 bits per heavy atom. The van der Waals surface area contributed by atoms with Crippen molar-refractivity contribution >= 4 is 17.6 Å². The maximum Gasteiger partial charge on any atom is 0.232 e. The molecule has 23 heavy (non-hydrogen) atoms. The highest BCUT2D eigenvalue weighted by Crippen LogP contribution is 2.23. The van der Waals surface area contributed by atoms with Crippen molar-refractivity contribution in [2.24, 2.45) is 0 Å². The third-order valence-corrected chi connectivity index (χ3v) is 4.26. The maximum absolute atomic E-state index is 5.89. The molecule has 3 rings (SSSR count). The average molecular weight is 312 g/mol. The zero-order valence-corrected chi connectivity index (χ0v) is 13.6. The summed E-state index contributed by atoms with van der Waals surface area (Å²) in [6.07, 6.45) is 5.09. The molecule has 2 aromatic rings. The first-order valence-electron chi connectivity index (χ1n) is 8.30. The summed E-state index contributed by atoms with van der Waals surface area (Å²) in [5, 5.41) is 3.19. The molecule has 0 saturated carbocycles. The van der Waals surface area contributed by atoms with Crippen LogP contribution in [0.3, 0.4) is 0 Å². The van der Waals surface area contributed by atoms with E-state index in [0.29, 0.717) is 5.95 Å². The maximum atomic E-state index is 5.89. The average Bonchev–Trinajstić information content (AvgIpc) is 2.84. The van der Waals surface area contributed by atoms with Gasteiger partial charge >= 0.3 is 0 Å². The SMILES string of the molecule is C[C@@H](c1nc(N)nc(Nc2ccccc2)n1)N1CCCCCC1. The Balaban J connectivity index is 1.79. The molecule has 1 aromatic heterocycles. The van der Waals surface area contributed by atoms with Gasteiger partial charge in [-0.25, -0.2) is 0 Å². The number of nitrogens with one attached hydrogen (secondary N) is 1. The molecular weight excluding hydrogens is 288 g/mol. The Kier molecular flexibility index (Phi) is 5.02. The molecule has 0 amide bonds. The van der Waals surface area contributed by atoms with Crippen LogP contribution in [-0.2, 0) is 0 Å². The molecule has 122 valence electrons. The highest BCUT2D eigenvalue weighted by Gasteiger charge is 2.20. The standard InChI is InChI=1S/C17H24N6/c1-13(23-11-7-2-3-8-12-23)15-20-16(18)22-17(21-15)19-14-9-5-4-6-10-14/h4-6,9-10,13H,2-3,7-8,11-12H2,1H3,(H3,18,19,20,21,22)/t13-/m0/s1. The lowest BCUT2D eigenvalue weighted by molar-refractivity contribution is 0.211. The van der Waals surface area contributed by atoms with Gasteiger partial charge in [0.25, 0.3) is 0 Å². The van der Waals surface area contributed by atoms with Gasteiger partial charge in [-0.05, 0) is 45.0 Å². The highest BCUT2D eigenvalue weighted by atomic mass is 15.2. The quantitative estimate of drug-likeness (QED) is 0.903. The highest BCUT2D eigenvalue weighted by molar-refractivity contribution is 5.53. The molecule has 1 atom stereocenters. The molecule has 1 aliphatic heterocycles. The van der Waals surface area contributed by atoms with Gasteiger partial charge in [-0.2, -0.15) is 15.0 Å². The van der Waals surface area contributed by atoms with E-state index < -0.39 is 0 Å². The molecule has 1 saturated heterocycles. The molecule has 0 aliphatic carbocycles. The smallest absolute Gasteiger partial charge is 0.232 e. The second-order valence-corrected chi connectivity index (χ2v) is 5.99. The number of nitrogens with two attached hydrogens (primary N) is 1. The van der Waals surface area contributed by atoms with Crippen LogP contribution in [0.2, 0.25) is 0 Å². The van der Waals surface area contributed by atoms with Crippen LogP contribution in [0, 0.1) is 0 Å². The largest absolute Gasteiger partial charge is 0.368 e. The van der Waals surface area contributed by atoms with Gasteiger partial charge < -0.3 is 11.1 Å². The Labute approximate surface area is 137 Å². The van der Waals surface area contributed by atoms with Crippen molar-refractivity contribution in [2.75, 3.05) is 24.1 Å². The zero-order valence-electron chi connectivity index (χ0n) is 13.6. The first kappa shape index (κ1) is 15.7. The van der Waals surface area contributed by atoms with Crippen molar-refractivity contribution < 1.29 is 0 Å². The van der Waals surface area contributed by atoms with Crippen LogP contribution in [0.4, 0.5) is 17.6 Å². The van der Waals surface area contributed by atoms with Gasteiger partial charge in [0.05, 0.1) is 6.04 Å². The normalized spacial score (nSPS) is 17.4. The summed E-state index contributed by atoms with van der Waals surface area (Å²) in [6.45, 7) is 4.33. The molecule has 0 bridgehead atoms. The van der Waals surface area contributed by atoms with Crippen LogP contribution < -0.4 is 11.1 Å². The van der Waals surface area contributed by atoms with Gasteiger partial charge in [-0.3, -0.25) is 4.90 Å². The number of likely N-dealkylation sites (tertiary alicyclic amines) is 1. The number of benzene rings is 1. The molecule has 6 nitrogen and oxygen atoms in total. The minimum absolute atomic E-state index is 0.148. The zero-order chi connectivity index (χ0) is 16.1. The van der Waals surface area contributed by atoms with Crippen LogP contribution in [-0.4, -0.2) is 32.9 Å². The predicted octanol–water partition coefficient (Wildman–Crippen LogP) is 3.13. The number of hydrogen-bond donors (Lipinski definition) is 2. The molecule has 0 unspecified atom stereocenters. The van der Waals surface area contributed by atoms with E-state index in [1.807, 2.05) is 30.3 Å². The molecule has 2 heterocycles. The number of rotatable bonds is 4. The summed E-state index contributed by atoms with van der Waals surface area (Å²) in [6, 6.07) is 9.99. The minimum Gasteiger partial charge on any atom is -0.368 e. The fraction of sp³-hybridized carbons (Fsp3) is 0.471. The number of para-hydroxylation sites is 1. The lowest BCUT2D eigenvalue weighted by atomic mass is 10.2. The van der Waals surface area contributed by atoms with E-state index in [4.69, 9.17) is 5.73 Å². The predicted molar refractivity (Wildman–Crippen MR) is 92.4 cm³/mol. The van der Waals surface area contributed by atoms with E-state index in [1.165, 1.54) is 25.7 Å². The number of nitrogen functional groups attached to an aromatic ring is 1. The molecule has 0 radical (unpaired) electrons. The third-order valence-electron chi connectivity index (χ3n) is 4.26. The van der Waals surface area contributed by atoms with Crippen LogP contribution in [0.15, 0.2) is 30.3 Å². The van der Waals surface area contributed by atoms with E-state index in [0.717, 1.165) is 24.6 Å². The monoisotopic (exact) mass is 312 g/mol.